The summed E-state index contributed by atoms with van der Waals surface area (Å²) in [4.78, 5) is 18.0. The second-order valence-corrected chi connectivity index (χ2v) is 7.73. The summed E-state index contributed by atoms with van der Waals surface area (Å²) in [5, 5.41) is 1.51. The van der Waals surface area contributed by atoms with Crippen LogP contribution in [0, 0.1) is 0 Å². The summed E-state index contributed by atoms with van der Waals surface area (Å²) in [6, 6.07) is 20.6. The molecular formula is C20H17N5S2. The molecule has 4 aromatic rings. The van der Waals surface area contributed by atoms with Crippen LogP contribution in [0.5, 0.6) is 0 Å². The molecule has 27 heavy (non-hydrogen) atoms. The lowest BCUT2D eigenvalue weighted by atomic mass is 10.2. The minimum Gasteiger partial charge on any atom is -0.382 e. The second kappa shape index (κ2) is 8.37. The number of hydrogen-bond acceptors (Lipinski definition) is 7. The smallest absolute Gasteiger partial charge is 0.191 e. The highest BCUT2D eigenvalue weighted by Crippen LogP contribution is 2.29. The summed E-state index contributed by atoms with van der Waals surface area (Å²) in [6.45, 7) is 0. The first-order valence-corrected chi connectivity index (χ1v) is 10.4. The Balaban J connectivity index is 1.61. The fourth-order valence-electron chi connectivity index (χ4n) is 2.49. The van der Waals surface area contributed by atoms with Gasteiger partial charge in [0.15, 0.2) is 10.8 Å². The molecule has 0 bridgehead atoms. The van der Waals surface area contributed by atoms with E-state index in [4.69, 9.17) is 10.7 Å². The highest BCUT2D eigenvalue weighted by molar-refractivity contribution is 7.99. The molecule has 134 valence electrons. The van der Waals surface area contributed by atoms with Crippen molar-refractivity contribution in [2.45, 2.75) is 21.7 Å². The molecule has 2 aromatic heterocycles. The molecule has 2 heterocycles. The highest BCUT2D eigenvalue weighted by atomic mass is 32.2. The predicted octanol–water partition coefficient (Wildman–Crippen LogP) is 4.59. The summed E-state index contributed by atoms with van der Waals surface area (Å²) in [5.41, 5.74) is 9.49. The van der Waals surface area contributed by atoms with Crippen molar-refractivity contribution in [3.05, 3.63) is 78.0 Å². The minimum atomic E-state index is 0.360. The van der Waals surface area contributed by atoms with Gasteiger partial charge < -0.3 is 5.73 Å². The fraction of sp³-hybridized carbons (Fsp3) is 0.100. The maximum atomic E-state index is 5.81. The summed E-state index contributed by atoms with van der Waals surface area (Å²) in [7, 11) is 0. The van der Waals surface area contributed by atoms with Crippen LogP contribution in [-0.2, 0) is 11.5 Å². The number of nitrogen functional groups attached to an aromatic ring is 1. The normalized spacial score (nSPS) is 11.0. The zero-order valence-corrected chi connectivity index (χ0v) is 16.1. The van der Waals surface area contributed by atoms with Gasteiger partial charge >= 0.3 is 0 Å². The number of nitrogens with two attached hydrogens (primary N) is 1. The molecule has 0 aliphatic carbocycles. The van der Waals surface area contributed by atoms with Crippen LogP contribution in [-0.4, -0.2) is 19.9 Å². The largest absolute Gasteiger partial charge is 0.382 e. The van der Waals surface area contributed by atoms with Gasteiger partial charge in [-0.1, -0.05) is 84.2 Å². The van der Waals surface area contributed by atoms with E-state index >= 15 is 0 Å². The SMILES string of the molecule is Nc1cnc2c(SCc3ccccc3)nc(SCc3ccccc3)nc2n1. The summed E-state index contributed by atoms with van der Waals surface area (Å²) in [5.74, 6) is 1.96. The fourth-order valence-corrected chi connectivity index (χ4v) is 4.27. The van der Waals surface area contributed by atoms with Gasteiger partial charge in [-0.05, 0) is 11.1 Å². The molecule has 0 radical (unpaired) electrons. The van der Waals surface area contributed by atoms with Crippen LogP contribution in [0.2, 0.25) is 0 Å². The molecule has 0 saturated carbocycles. The monoisotopic (exact) mass is 391 g/mol. The van der Waals surface area contributed by atoms with Crippen LogP contribution in [0.3, 0.4) is 0 Å². The molecule has 0 unspecified atom stereocenters. The zero-order valence-electron chi connectivity index (χ0n) is 14.4. The lowest BCUT2D eigenvalue weighted by molar-refractivity contribution is 0.909. The molecule has 0 amide bonds. The number of fused-ring (bicyclic) bond motifs is 1. The standard InChI is InChI=1S/C20H17N5S2/c21-16-11-22-17-18(23-16)24-20(27-13-15-9-5-2-6-10-15)25-19(17)26-12-14-7-3-1-4-8-14/h1-11H,12-13H2,(H2,21,23,24,25). The third-order valence-electron chi connectivity index (χ3n) is 3.80. The number of rotatable bonds is 6. The van der Waals surface area contributed by atoms with Crippen molar-refractivity contribution in [2.75, 3.05) is 5.73 Å². The molecular weight excluding hydrogens is 374 g/mol. The summed E-state index contributed by atoms with van der Waals surface area (Å²) in [6.07, 6.45) is 1.55. The molecule has 2 N–H and O–H groups in total. The van der Waals surface area contributed by atoms with E-state index in [-0.39, 0.29) is 0 Å². The van der Waals surface area contributed by atoms with Gasteiger partial charge in [0, 0.05) is 11.5 Å². The van der Waals surface area contributed by atoms with E-state index in [0.717, 1.165) is 16.5 Å². The van der Waals surface area contributed by atoms with E-state index in [1.54, 1.807) is 29.7 Å². The third-order valence-corrected chi connectivity index (χ3v) is 5.76. The Morgan fingerprint density at radius 2 is 1.37 bits per heavy atom. The summed E-state index contributed by atoms with van der Waals surface area (Å²) < 4.78 is 0. The number of nitrogens with zero attached hydrogens (tertiary/aromatic N) is 4. The van der Waals surface area contributed by atoms with Crippen LogP contribution in [0.4, 0.5) is 5.82 Å². The van der Waals surface area contributed by atoms with E-state index in [1.807, 2.05) is 36.4 Å². The molecule has 0 spiro atoms. The van der Waals surface area contributed by atoms with Crippen molar-refractivity contribution in [3.8, 4) is 0 Å². The third kappa shape index (κ3) is 4.56. The molecule has 7 heteroatoms. The molecule has 0 fully saturated rings. The van der Waals surface area contributed by atoms with Crippen molar-refractivity contribution in [3.63, 3.8) is 0 Å². The number of hydrogen-bond donors (Lipinski definition) is 1. The maximum Gasteiger partial charge on any atom is 0.191 e. The van der Waals surface area contributed by atoms with Crippen LogP contribution in [0.15, 0.2) is 77.0 Å². The number of aromatic nitrogens is 4. The van der Waals surface area contributed by atoms with E-state index in [1.165, 1.54) is 11.1 Å². The first-order chi connectivity index (χ1) is 13.3. The van der Waals surface area contributed by atoms with Crippen molar-refractivity contribution in [1.29, 1.82) is 0 Å². The van der Waals surface area contributed by atoms with E-state index in [9.17, 15) is 0 Å². The molecule has 0 aliphatic rings. The predicted molar refractivity (Wildman–Crippen MR) is 112 cm³/mol. The van der Waals surface area contributed by atoms with E-state index in [0.29, 0.717) is 22.1 Å². The van der Waals surface area contributed by atoms with E-state index < -0.39 is 0 Å². The molecule has 4 rings (SSSR count). The highest BCUT2D eigenvalue weighted by Gasteiger charge is 2.12. The molecule has 0 aliphatic heterocycles. The van der Waals surface area contributed by atoms with Gasteiger partial charge in [0.25, 0.3) is 0 Å². The Hall–Kier alpha value is -2.64. The lowest BCUT2D eigenvalue weighted by Crippen LogP contribution is -2.00. The number of benzene rings is 2. The second-order valence-electron chi connectivity index (χ2n) is 5.83. The topological polar surface area (TPSA) is 77.6 Å². The van der Waals surface area contributed by atoms with Crippen LogP contribution < -0.4 is 5.73 Å². The van der Waals surface area contributed by atoms with Crippen LogP contribution >= 0.6 is 23.5 Å². The van der Waals surface area contributed by atoms with Gasteiger partial charge in [-0.25, -0.2) is 19.9 Å². The Labute approximate surface area is 165 Å². The lowest BCUT2D eigenvalue weighted by Gasteiger charge is -2.08. The Morgan fingerprint density at radius 3 is 2.04 bits per heavy atom. The molecule has 0 saturated heterocycles. The van der Waals surface area contributed by atoms with Crippen molar-refractivity contribution >= 4 is 40.5 Å². The first kappa shape index (κ1) is 17.8. The molecule has 5 nitrogen and oxygen atoms in total. The maximum absolute atomic E-state index is 5.81. The van der Waals surface area contributed by atoms with Crippen molar-refractivity contribution in [1.82, 2.24) is 19.9 Å². The van der Waals surface area contributed by atoms with Gasteiger partial charge in [-0.3, -0.25) is 0 Å². The quantitative estimate of drug-likeness (QED) is 0.293. The van der Waals surface area contributed by atoms with Crippen LogP contribution in [0.25, 0.3) is 11.2 Å². The van der Waals surface area contributed by atoms with Crippen LogP contribution in [0.1, 0.15) is 11.1 Å². The van der Waals surface area contributed by atoms with Crippen molar-refractivity contribution in [2.24, 2.45) is 0 Å². The number of anilines is 1. The Kier molecular flexibility index (Phi) is 5.50. The van der Waals surface area contributed by atoms with Gasteiger partial charge in [0.2, 0.25) is 0 Å². The zero-order chi connectivity index (χ0) is 18.5. The molecule has 0 atom stereocenters. The first-order valence-electron chi connectivity index (χ1n) is 8.41. The van der Waals surface area contributed by atoms with Crippen molar-refractivity contribution < 1.29 is 0 Å². The van der Waals surface area contributed by atoms with E-state index in [2.05, 4.69) is 39.2 Å². The average Bonchev–Trinajstić information content (AvgIpc) is 2.71. The van der Waals surface area contributed by atoms with Gasteiger partial charge in [-0.2, -0.15) is 0 Å². The van der Waals surface area contributed by atoms with Gasteiger partial charge in [-0.15, -0.1) is 0 Å². The van der Waals surface area contributed by atoms with Gasteiger partial charge in [0.1, 0.15) is 16.4 Å². The minimum absolute atomic E-state index is 0.360. The number of thioether (sulfide) groups is 2. The Morgan fingerprint density at radius 1 is 0.741 bits per heavy atom. The Bertz CT molecular complexity index is 1040. The molecule has 2 aromatic carbocycles. The summed E-state index contributed by atoms with van der Waals surface area (Å²) >= 11 is 3.22. The van der Waals surface area contributed by atoms with Gasteiger partial charge in [0.05, 0.1) is 6.20 Å². The average molecular weight is 392 g/mol.